The smallest absolute Gasteiger partial charge is 0.245 e. The van der Waals surface area contributed by atoms with Crippen molar-refractivity contribution in [2.24, 2.45) is 0 Å². The summed E-state index contributed by atoms with van der Waals surface area (Å²) in [6.07, 6.45) is 3.51. The van der Waals surface area contributed by atoms with Gasteiger partial charge in [-0.15, -0.1) is 0 Å². The summed E-state index contributed by atoms with van der Waals surface area (Å²) in [7, 11) is 0. The Morgan fingerprint density at radius 3 is 2.62 bits per heavy atom. The maximum Gasteiger partial charge on any atom is 0.245 e. The first-order valence-corrected chi connectivity index (χ1v) is 14.0. The molecule has 9 nitrogen and oxygen atoms in total. The minimum absolute atomic E-state index is 0.0789. The summed E-state index contributed by atoms with van der Waals surface area (Å²) in [4.78, 5) is 28.4. The zero-order valence-corrected chi connectivity index (χ0v) is 23.7. The number of nitrogens with zero attached hydrogens (tertiary/aromatic N) is 5. The van der Waals surface area contributed by atoms with Gasteiger partial charge in [-0.1, -0.05) is 41.9 Å². The van der Waals surface area contributed by atoms with Gasteiger partial charge in [0, 0.05) is 18.7 Å². The Labute approximate surface area is 238 Å². The zero-order chi connectivity index (χ0) is 27.9. The third-order valence-corrected chi connectivity index (χ3v) is 7.87. The highest BCUT2D eigenvalue weighted by Crippen LogP contribution is 2.41. The van der Waals surface area contributed by atoms with Crippen LogP contribution >= 0.6 is 11.6 Å². The van der Waals surface area contributed by atoms with Gasteiger partial charge in [-0.2, -0.15) is 4.98 Å². The number of rotatable bonds is 9. The molecule has 208 valence electrons. The Hall–Kier alpha value is -3.69. The Morgan fingerprint density at radius 2 is 1.88 bits per heavy atom. The number of fused-ring (bicyclic) bond motifs is 1. The second-order valence-electron chi connectivity index (χ2n) is 11.2. The van der Waals surface area contributed by atoms with Gasteiger partial charge < -0.3 is 24.3 Å². The molecule has 1 saturated carbocycles. The lowest BCUT2D eigenvalue weighted by molar-refractivity contribution is -0.140. The number of carbonyl (C=O) groups is 1. The number of piperazine rings is 1. The van der Waals surface area contributed by atoms with Gasteiger partial charge in [0.1, 0.15) is 30.1 Å². The molecule has 0 bridgehead atoms. The van der Waals surface area contributed by atoms with Crippen molar-refractivity contribution in [3.05, 3.63) is 65.4 Å². The average Bonchev–Trinajstić information content (AvgIpc) is 3.55. The Bertz CT molecular complexity index is 1550. The number of aromatic nitrogens is 4. The molecule has 40 heavy (non-hydrogen) atoms. The van der Waals surface area contributed by atoms with E-state index >= 15 is 0 Å². The molecule has 2 aromatic heterocycles. The van der Waals surface area contributed by atoms with Crippen molar-refractivity contribution in [3.63, 3.8) is 0 Å². The van der Waals surface area contributed by atoms with Gasteiger partial charge in [-0.05, 0) is 57.4 Å². The third-order valence-electron chi connectivity index (χ3n) is 7.56. The molecule has 2 aromatic carbocycles. The van der Waals surface area contributed by atoms with Gasteiger partial charge in [0.05, 0.1) is 23.7 Å². The molecule has 0 atom stereocenters. The van der Waals surface area contributed by atoms with Crippen LogP contribution in [0.4, 0.5) is 0 Å². The van der Waals surface area contributed by atoms with Gasteiger partial charge in [0.25, 0.3) is 0 Å². The molecule has 1 aliphatic heterocycles. The van der Waals surface area contributed by atoms with Crippen LogP contribution in [0.15, 0.2) is 54.9 Å². The van der Waals surface area contributed by atoms with Crippen molar-refractivity contribution < 1.29 is 14.3 Å². The van der Waals surface area contributed by atoms with E-state index in [4.69, 9.17) is 26.1 Å². The Morgan fingerprint density at radius 1 is 1.07 bits per heavy atom. The molecule has 0 spiro atoms. The minimum Gasteiger partial charge on any atom is -0.492 e. The maximum atomic E-state index is 12.6. The fourth-order valence-corrected chi connectivity index (χ4v) is 5.21. The third kappa shape index (κ3) is 5.36. The molecule has 1 saturated heterocycles. The van der Waals surface area contributed by atoms with E-state index in [1.807, 2.05) is 53.6 Å². The quantitative estimate of drug-likeness (QED) is 0.317. The molecule has 0 unspecified atom stereocenters. The number of nitrogens with one attached hydrogen (secondary N) is 1. The summed E-state index contributed by atoms with van der Waals surface area (Å²) in [5, 5.41) is 3.75. The van der Waals surface area contributed by atoms with Crippen LogP contribution in [0.3, 0.4) is 0 Å². The summed E-state index contributed by atoms with van der Waals surface area (Å²) in [6.45, 7) is 8.76. The van der Waals surface area contributed by atoms with Gasteiger partial charge in [0.2, 0.25) is 11.8 Å². The summed E-state index contributed by atoms with van der Waals surface area (Å²) in [5.41, 5.74) is 2.41. The molecule has 2 fully saturated rings. The summed E-state index contributed by atoms with van der Waals surface area (Å²) in [5.74, 6) is 1.87. The molecule has 1 aliphatic carbocycles. The lowest BCUT2D eigenvalue weighted by Crippen LogP contribution is -2.61. The van der Waals surface area contributed by atoms with E-state index < -0.39 is 5.54 Å². The second-order valence-corrected chi connectivity index (χ2v) is 11.7. The van der Waals surface area contributed by atoms with Crippen molar-refractivity contribution in [3.8, 4) is 23.0 Å². The molecule has 2 aliphatic rings. The SMILES string of the molecule is CC1(Oc2ncnc3c2nc(-c2ccc(OCCN4CCNC(C)(C)C4=O)cc2Cl)n3Cc2ccccc2)CC1. The molecule has 4 aromatic rings. The molecule has 6 rings (SSSR count). The minimum atomic E-state index is -0.555. The van der Waals surface area contributed by atoms with Crippen LogP contribution in [0.1, 0.15) is 39.2 Å². The number of halogens is 1. The number of hydrogen-bond donors (Lipinski definition) is 1. The van der Waals surface area contributed by atoms with Gasteiger partial charge in [-0.3, -0.25) is 4.79 Å². The predicted octanol–water partition coefficient (Wildman–Crippen LogP) is 4.72. The number of ether oxygens (including phenoxy) is 2. The zero-order valence-electron chi connectivity index (χ0n) is 23.0. The molecule has 0 radical (unpaired) electrons. The van der Waals surface area contributed by atoms with E-state index in [0.29, 0.717) is 59.9 Å². The fourth-order valence-electron chi connectivity index (χ4n) is 4.95. The number of hydrogen-bond acceptors (Lipinski definition) is 7. The number of imidazole rings is 1. The first-order chi connectivity index (χ1) is 19.2. The van der Waals surface area contributed by atoms with Gasteiger partial charge in [-0.25, -0.2) is 9.97 Å². The average molecular weight is 561 g/mol. The van der Waals surface area contributed by atoms with E-state index in [9.17, 15) is 4.79 Å². The molecule has 10 heteroatoms. The van der Waals surface area contributed by atoms with E-state index in [0.717, 1.165) is 30.5 Å². The molecular formula is C30H33ClN6O3. The highest BCUT2D eigenvalue weighted by Gasteiger charge is 2.41. The number of amides is 1. The normalized spacial score (nSPS) is 17.7. The molecule has 3 heterocycles. The van der Waals surface area contributed by atoms with E-state index in [1.165, 1.54) is 6.33 Å². The van der Waals surface area contributed by atoms with E-state index in [-0.39, 0.29) is 11.5 Å². The summed E-state index contributed by atoms with van der Waals surface area (Å²) < 4.78 is 14.3. The second kappa shape index (κ2) is 10.4. The van der Waals surface area contributed by atoms with Gasteiger partial charge >= 0.3 is 0 Å². The summed E-state index contributed by atoms with van der Waals surface area (Å²) >= 11 is 6.84. The predicted molar refractivity (Wildman–Crippen MR) is 154 cm³/mol. The number of benzene rings is 2. The summed E-state index contributed by atoms with van der Waals surface area (Å²) in [6, 6.07) is 15.8. The van der Waals surface area contributed by atoms with Crippen LogP contribution in [0.25, 0.3) is 22.6 Å². The van der Waals surface area contributed by atoms with Crippen LogP contribution in [-0.4, -0.2) is 67.7 Å². The number of carbonyl (C=O) groups excluding carboxylic acids is 1. The van der Waals surface area contributed by atoms with Crippen LogP contribution in [0.5, 0.6) is 11.6 Å². The van der Waals surface area contributed by atoms with Crippen molar-refractivity contribution in [1.82, 2.24) is 29.7 Å². The van der Waals surface area contributed by atoms with Crippen LogP contribution in [0, 0.1) is 0 Å². The maximum absolute atomic E-state index is 12.6. The molecule has 1 amide bonds. The fraction of sp³-hybridized carbons (Fsp3) is 0.400. The highest BCUT2D eigenvalue weighted by atomic mass is 35.5. The largest absolute Gasteiger partial charge is 0.492 e. The standard InChI is InChI=1S/C30H33ClN6O3/c1-29(2)28(38)36(14-13-34-29)15-16-39-21-9-10-22(23(31)17-21)25-35-24-26(37(25)18-20-7-5-4-6-8-20)32-19-33-27(24)40-30(3)11-12-30/h4-10,17,19,34H,11-16,18H2,1-3H3. The van der Waals surface area contributed by atoms with Gasteiger partial charge in [0.15, 0.2) is 11.2 Å². The van der Waals surface area contributed by atoms with Crippen LogP contribution in [-0.2, 0) is 11.3 Å². The first kappa shape index (κ1) is 26.5. The van der Waals surface area contributed by atoms with Crippen LogP contribution < -0.4 is 14.8 Å². The monoisotopic (exact) mass is 560 g/mol. The highest BCUT2D eigenvalue weighted by molar-refractivity contribution is 6.33. The topological polar surface area (TPSA) is 94.4 Å². The van der Waals surface area contributed by atoms with Crippen molar-refractivity contribution in [1.29, 1.82) is 0 Å². The lowest BCUT2D eigenvalue weighted by Gasteiger charge is -2.38. The molecule has 1 N–H and O–H groups in total. The molecular weight excluding hydrogens is 528 g/mol. The Balaban J connectivity index is 1.28. The first-order valence-electron chi connectivity index (χ1n) is 13.6. The van der Waals surface area contributed by atoms with E-state index in [1.54, 1.807) is 6.07 Å². The lowest BCUT2D eigenvalue weighted by atomic mass is 10.0. The van der Waals surface area contributed by atoms with Crippen molar-refractivity contribution in [2.45, 2.75) is 51.3 Å². The van der Waals surface area contributed by atoms with E-state index in [2.05, 4.69) is 34.3 Å². The van der Waals surface area contributed by atoms with Crippen molar-refractivity contribution in [2.75, 3.05) is 26.2 Å². The van der Waals surface area contributed by atoms with Crippen molar-refractivity contribution >= 4 is 28.7 Å². The Kier molecular flexibility index (Phi) is 6.88. The van der Waals surface area contributed by atoms with Crippen LogP contribution in [0.2, 0.25) is 5.02 Å².